The van der Waals surface area contributed by atoms with Crippen LogP contribution in [-0.2, 0) is 0 Å². The summed E-state index contributed by atoms with van der Waals surface area (Å²) in [6, 6.07) is 14.2. The monoisotopic (exact) mass is 371 g/mol. The maximum absolute atomic E-state index is 14.0. The molecule has 2 amide bonds. The van der Waals surface area contributed by atoms with Gasteiger partial charge in [0.2, 0.25) is 0 Å². The Morgan fingerprint density at radius 3 is 2.56 bits per heavy atom. The van der Waals surface area contributed by atoms with E-state index in [0.29, 0.717) is 12.3 Å². The van der Waals surface area contributed by atoms with Gasteiger partial charge in [0, 0.05) is 12.6 Å². The smallest absolute Gasteiger partial charge is 0.319 e. The summed E-state index contributed by atoms with van der Waals surface area (Å²) in [5.74, 6) is -0.118. The van der Waals surface area contributed by atoms with Gasteiger partial charge in [-0.15, -0.1) is 0 Å². The number of nitrogens with one attached hydrogen (secondary N) is 2. The number of nitrogens with zero attached hydrogens (tertiary/aromatic N) is 1. The molecule has 1 aliphatic rings. The molecule has 144 valence electrons. The number of hydrogen-bond donors (Lipinski definition) is 2. The molecule has 0 aliphatic carbocycles. The summed E-state index contributed by atoms with van der Waals surface area (Å²) in [6.45, 7) is 2.51. The van der Waals surface area contributed by atoms with Crippen LogP contribution in [0.5, 0.6) is 5.75 Å². The molecule has 27 heavy (non-hydrogen) atoms. The van der Waals surface area contributed by atoms with E-state index in [2.05, 4.69) is 27.7 Å². The lowest BCUT2D eigenvalue weighted by Gasteiger charge is -2.35. The second-order valence-electron chi connectivity index (χ2n) is 6.70. The number of amides is 2. The minimum absolute atomic E-state index is 0.109. The number of ether oxygens (including phenoxy) is 1. The zero-order chi connectivity index (χ0) is 19.1. The molecule has 2 N–H and O–H groups in total. The van der Waals surface area contributed by atoms with Crippen molar-refractivity contribution in [3.05, 3.63) is 59.9 Å². The van der Waals surface area contributed by atoms with Gasteiger partial charge in [-0.3, -0.25) is 4.90 Å². The van der Waals surface area contributed by atoms with Crippen molar-refractivity contribution in [1.29, 1.82) is 0 Å². The lowest BCUT2D eigenvalue weighted by atomic mass is 10.0. The van der Waals surface area contributed by atoms with Crippen LogP contribution in [0.2, 0.25) is 0 Å². The van der Waals surface area contributed by atoms with Gasteiger partial charge in [-0.05, 0) is 43.6 Å². The van der Waals surface area contributed by atoms with Crippen LogP contribution in [0.4, 0.5) is 14.9 Å². The Hall–Kier alpha value is -2.60. The SMILES string of the molecule is COc1ccc(NC(=O)NC[C@H](c2ccccc2)N2CCCCC2)c(F)c1. The van der Waals surface area contributed by atoms with Gasteiger partial charge in [-0.1, -0.05) is 36.8 Å². The lowest BCUT2D eigenvalue weighted by Crippen LogP contribution is -2.41. The van der Waals surface area contributed by atoms with Gasteiger partial charge in [-0.2, -0.15) is 0 Å². The van der Waals surface area contributed by atoms with Crippen molar-refractivity contribution in [1.82, 2.24) is 10.2 Å². The number of halogens is 1. The number of anilines is 1. The molecule has 0 aromatic heterocycles. The van der Waals surface area contributed by atoms with Gasteiger partial charge in [0.25, 0.3) is 0 Å². The van der Waals surface area contributed by atoms with E-state index < -0.39 is 11.8 Å². The van der Waals surface area contributed by atoms with Crippen LogP contribution >= 0.6 is 0 Å². The molecule has 5 nitrogen and oxygen atoms in total. The first kappa shape index (κ1) is 19.2. The molecule has 2 aromatic rings. The van der Waals surface area contributed by atoms with Gasteiger partial charge in [0.05, 0.1) is 18.8 Å². The van der Waals surface area contributed by atoms with E-state index in [0.717, 1.165) is 13.1 Å². The Morgan fingerprint density at radius 1 is 1.15 bits per heavy atom. The molecule has 1 aliphatic heterocycles. The molecule has 0 unspecified atom stereocenters. The Bertz CT molecular complexity index is 748. The predicted octanol–water partition coefficient (Wildman–Crippen LogP) is 4.18. The van der Waals surface area contributed by atoms with Gasteiger partial charge in [-0.25, -0.2) is 9.18 Å². The molecular formula is C21H26FN3O2. The molecule has 0 saturated carbocycles. The van der Waals surface area contributed by atoms with Crippen molar-refractivity contribution in [3.63, 3.8) is 0 Å². The molecule has 6 heteroatoms. The molecule has 0 radical (unpaired) electrons. The Balaban J connectivity index is 1.63. The van der Waals surface area contributed by atoms with Gasteiger partial charge in [0.15, 0.2) is 0 Å². The standard InChI is InChI=1S/C21H26FN3O2/c1-27-17-10-11-19(18(22)14-17)24-21(26)23-15-20(16-8-4-2-5-9-16)25-12-6-3-7-13-25/h2,4-5,8-11,14,20H,3,6-7,12-13,15H2,1H3,(H2,23,24,26)/t20-/m1/s1. The third-order valence-electron chi connectivity index (χ3n) is 4.90. The van der Waals surface area contributed by atoms with Crippen molar-refractivity contribution < 1.29 is 13.9 Å². The molecule has 3 rings (SSSR count). The summed E-state index contributed by atoms with van der Waals surface area (Å²) in [4.78, 5) is 14.7. The summed E-state index contributed by atoms with van der Waals surface area (Å²) in [6.07, 6.45) is 3.60. The molecule has 2 aromatic carbocycles. The number of carbonyl (C=O) groups is 1. The predicted molar refractivity (Wildman–Crippen MR) is 105 cm³/mol. The van der Waals surface area contributed by atoms with E-state index in [1.807, 2.05) is 18.2 Å². The number of rotatable bonds is 6. The maximum Gasteiger partial charge on any atom is 0.319 e. The van der Waals surface area contributed by atoms with E-state index in [1.54, 1.807) is 6.07 Å². The molecular weight excluding hydrogens is 345 g/mol. The molecule has 0 spiro atoms. The number of hydrogen-bond acceptors (Lipinski definition) is 3. The summed E-state index contributed by atoms with van der Waals surface area (Å²) in [5, 5.41) is 5.47. The van der Waals surface area contributed by atoms with Gasteiger partial charge >= 0.3 is 6.03 Å². The second-order valence-corrected chi connectivity index (χ2v) is 6.70. The van der Waals surface area contributed by atoms with Crippen LogP contribution in [0.25, 0.3) is 0 Å². The van der Waals surface area contributed by atoms with E-state index in [-0.39, 0.29) is 11.7 Å². The van der Waals surface area contributed by atoms with Crippen molar-refractivity contribution in [2.45, 2.75) is 25.3 Å². The quantitative estimate of drug-likeness (QED) is 0.801. The Labute approximate surface area is 159 Å². The summed E-state index contributed by atoms with van der Waals surface area (Å²) >= 11 is 0. The van der Waals surface area contributed by atoms with Crippen LogP contribution in [0.1, 0.15) is 30.9 Å². The van der Waals surface area contributed by atoms with E-state index in [9.17, 15) is 9.18 Å². The number of likely N-dealkylation sites (tertiary alicyclic amines) is 1. The molecule has 1 fully saturated rings. The Morgan fingerprint density at radius 2 is 1.89 bits per heavy atom. The van der Waals surface area contributed by atoms with Crippen molar-refractivity contribution in [2.24, 2.45) is 0 Å². The van der Waals surface area contributed by atoms with Crippen LogP contribution in [-0.4, -0.2) is 37.7 Å². The highest BCUT2D eigenvalue weighted by Gasteiger charge is 2.22. The highest BCUT2D eigenvalue weighted by Crippen LogP contribution is 2.24. The third-order valence-corrected chi connectivity index (χ3v) is 4.90. The van der Waals surface area contributed by atoms with Crippen molar-refractivity contribution in [2.75, 3.05) is 32.1 Å². The van der Waals surface area contributed by atoms with Crippen LogP contribution in [0.15, 0.2) is 48.5 Å². The minimum Gasteiger partial charge on any atom is -0.497 e. The fraction of sp³-hybridized carbons (Fsp3) is 0.381. The first-order chi connectivity index (χ1) is 13.2. The lowest BCUT2D eigenvalue weighted by molar-refractivity contribution is 0.161. The highest BCUT2D eigenvalue weighted by atomic mass is 19.1. The van der Waals surface area contributed by atoms with Crippen molar-refractivity contribution >= 4 is 11.7 Å². The number of carbonyl (C=O) groups excluding carboxylic acids is 1. The summed E-state index contributed by atoms with van der Waals surface area (Å²) in [5.41, 5.74) is 1.30. The topological polar surface area (TPSA) is 53.6 Å². The maximum atomic E-state index is 14.0. The van der Waals surface area contributed by atoms with Crippen LogP contribution in [0.3, 0.4) is 0 Å². The number of piperidine rings is 1. The van der Waals surface area contributed by atoms with Crippen LogP contribution in [0, 0.1) is 5.82 Å². The fourth-order valence-electron chi connectivity index (χ4n) is 3.44. The van der Waals surface area contributed by atoms with E-state index >= 15 is 0 Å². The molecule has 1 heterocycles. The number of methoxy groups -OCH3 is 1. The zero-order valence-corrected chi connectivity index (χ0v) is 15.6. The molecule has 1 atom stereocenters. The fourth-order valence-corrected chi connectivity index (χ4v) is 3.44. The largest absolute Gasteiger partial charge is 0.497 e. The summed E-state index contributed by atoms with van der Waals surface area (Å²) in [7, 11) is 1.47. The Kier molecular flexibility index (Phi) is 6.65. The average molecular weight is 371 g/mol. The number of benzene rings is 2. The van der Waals surface area contributed by atoms with Gasteiger partial charge < -0.3 is 15.4 Å². The molecule has 0 bridgehead atoms. The zero-order valence-electron chi connectivity index (χ0n) is 15.6. The average Bonchev–Trinajstić information content (AvgIpc) is 2.71. The first-order valence-corrected chi connectivity index (χ1v) is 9.35. The second kappa shape index (κ2) is 9.37. The minimum atomic E-state index is -0.528. The van der Waals surface area contributed by atoms with Crippen LogP contribution < -0.4 is 15.4 Å². The van der Waals surface area contributed by atoms with E-state index in [4.69, 9.17) is 4.74 Å². The van der Waals surface area contributed by atoms with Crippen molar-refractivity contribution in [3.8, 4) is 5.75 Å². The first-order valence-electron chi connectivity index (χ1n) is 9.35. The normalized spacial score (nSPS) is 15.8. The highest BCUT2D eigenvalue weighted by molar-refractivity contribution is 5.89. The third kappa shape index (κ3) is 5.20. The van der Waals surface area contributed by atoms with Gasteiger partial charge in [0.1, 0.15) is 11.6 Å². The van der Waals surface area contributed by atoms with E-state index in [1.165, 1.54) is 44.1 Å². The molecule has 1 saturated heterocycles. The summed E-state index contributed by atoms with van der Waals surface area (Å²) < 4.78 is 19.0. The number of urea groups is 1.